The number of carbonyl (C=O) groups excluding carboxylic acids is 2. The zero-order valence-corrected chi connectivity index (χ0v) is 17.2. The van der Waals surface area contributed by atoms with Gasteiger partial charge in [0.05, 0.1) is 16.5 Å². The van der Waals surface area contributed by atoms with Crippen molar-refractivity contribution in [1.82, 2.24) is 24.5 Å². The van der Waals surface area contributed by atoms with Crippen LogP contribution in [0.5, 0.6) is 0 Å². The Morgan fingerprint density at radius 1 is 1.10 bits per heavy atom. The van der Waals surface area contributed by atoms with Crippen LogP contribution in [0.1, 0.15) is 64.2 Å². The van der Waals surface area contributed by atoms with Crippen molar-refractivity contribution in [2.24, 2.45) is 5.92 Å². The lowest BCUT2D eigenvalue weighted by molar-refractivity contribution is 0.0518. The molecule has 30 heavy (non-hydrogen) atoms. The molecule has 0 saturated carbocycles. The topological polar surface area (TPSA) is 93.6 Å². The van der Waals surface area contributed by atoms with Gasteiger partial charge in [-0.25, -0.2) is 14.5 Å². The molecule has 8 heteroatoms. The van der Waals surface area contributed by atoms with Crippen molar-refractivity contribution in [2.45, 2.75) is 40.2 Å². The number of furan rings is 1. The minimum atomic E-state index is -0.578. The number of hydrogen-bond donors (Lipinski definition) is 0. The van der Waals surface area contributed by atoms with Crippen LogP contribution in [0.4, 0.5) is 0 Å². The number of benzene rings is 1. The normalized spacial score (nSPS) is 15.9. The van der Waals surface area contributed by atoms with Gasteiger partial charge in [-0.15, -0.1) is 5.10 Å². The Morgan fingerprint density at radius 3 is 2.40 bits per heavy atom. The molecular weight excluding hydrogens is 382 g/mol. The first kappa shape index (κ1) is 18.5. The summed E-state index contributed by atoms with van der Waals surface area (Å²) in [7, 11) is 0. The van der Waals surface area contributed by atoms with Crippen LogP contribution in [-0.4, -0.2) is 36.3 Å². The molecule has 0 spiro atoms. The third-order valence-corrected chi connectivity index (χ3v) is 6.07. The van der Waals surface area contributed by atoms with Crippen LogP contribution in [0.15, 0.2) is 35.0 Å². The zero-order valence-electron chi connectivity index (χ0n) is 17.2. The molecule has 8 nitrogen and oxygen atoms in total. The lowest BCUT2D eigenvalue weighted by Gasteiger charge is -2.28. The van der Waals surface area contributed by atoms with E-state index >= 15 is 0 Å². The van der Waals surface area contributed by atoms with E-state index in [4.69, 9.17) is 9.40 Å². The average molecular weight is 403 g/mol. The summed E-state index contributed by atoms with van der Waals surface area (Å²) in [6, 6.07) is 6.32. The number of aromatic nitrogens is 4. The highest BCUT2D eigenvalue weighted by Gasteiger charge is 2.43. The molecule has 1 aliphatic rings. The highest BCUT2D eigenvalue weighted by molar-refractivity contribution is 6.21. The number of aryl methyl sites for hydroxylation is 2. The predicted octanol–water partition coefficient (Wildman–Crippen LogP) is 3.87. The van der Waals surface area contributed by atoms with Crippen molar-refractivity contribution in [2.75, 3.05) is 0 Å². The molecule has 2 atom stereocenters. The Labute approximate surface area is 172 Å². The Balaban J connectivity index is 1.69. The van der Waals surface area contributed by atoms with Crippen LogP contribution < -0.4 is 0 Å². The Hall–Kier alpha value is -3.55. The molecule has 2 amide bonds. The predicted molar refractivity (Wildman–Crippen MR) is 109 cm³/mol. The molecule has 0 N–H and O–H groups in total. The third-order valence-electron chi connectivity index (χ3n) is 6.07. The first-order valence-electron chi connectivity index (χ1n) is 10.00. The first-order chi connectivity index (χ1) is 14.4. The second-order valence-electron chi connectivity index (χ2n) is 7.80. The summed E-state index contributed by atoms with van der Waals surface area (Å²) in [6.45, 7) is 7.86. The number of rotatable bonds is 4. The van der Waals surface area contributed by atoms with E-state index in [0.29, 0.717) is 28.3 Å². The molecule has 0 aliphatic carbocycles. The van der Waals surface area contributed by atoms with Gasteiger partial charge in [-0.3, -0.25) is 14.5 Å². The van der Waals surface area contributed by atoms with Crippen molar-refractivity contribution < 1.29 is 14.0 Å². The number of nitrogens with zero attached hydrogens (tertiary/aromatic N) is 5. The molecule has 1 aromatic carbocycles. The summed E-state index contributed by atoms with van der Waals surface area (Å²) >= 11 is 0. The van der Waals surface area contributed by atoms with E-state index in [2.05, 4.69) is 10.1 Å². The smallest absolute Gasteiger partial charge is 0.262 e. The highest BCUT2D eigenvalue weighted by atomic mass is 16.3. The Kier molecular flexibility index (Phi) is 3.99. The molecule has 152 valence electrons. The van der Waals surface area contributed by atoms with Crippen LogP contribution in [-0.2, 0) is 0 Å². The molecule has 2 unspecified atom stereocenters. The standard InChI is InChI=1S/C22H21N5O3/c1-5-11(2)17(27-21(28)14-8-6-7-9-15(14)22(27)29)18-24-19-16-12(3)13(4)30-20(16)23-10-26(19)25-18/h6-11,17H,5H2,1-4H3. The Morgan fingerprint density at radius 2 is 1.77 bits per heavy atom. The SMILES string of the molecule is CCC(C)C(c1nc2c3c(C)c(C)oc3ncn2n1)N1C(=O)c2ccccc2C1=O. The summed E-state index contributed by atoms with van der Waals surface area (Å²) in [4.78, 5) is 36.7. The van der Waals surface area contributed by atoms with Gasteiger partial charge < -0.3 is 4.42 Å². The van der Waals surface area contributed by atoms with Gasteiger partial charge in [0.25, 0.3) is 11.8 Å². The fraction of sp³-hybridized carbons (Fsp3) is 0.318. The second-order valence-corrected chi connectivity index (χ2v) is 7.80. The monoisotopic (exact) mass is 403 g/mol. The van der Waals surface area contributed by atoms with Crippen molar-refractivity contribution >= 4 is 28.6 Å². The molecule has 4 heterocycles. The zero-order chi connectivity index (χ0) is 21.2. The van der Waals surface area contributed by atoms with Crippen LogP contribution >= 0.6 is 0 Å². The minimum absolute atomic E-state index is 0.0275. The molecule has 0 saturated heterocycles. The van der Waals surface area contributed by atoms with Crippen LogP contribution in [0, 0.1) is 19.8 Å². The molecule has 5 rings (SSSR count). The van der Waals surface area contributed by atoms with E-state index in [-0.39, 0.29) is 17.7 Å². The van der Waals surface area contributed by atoms with Crippen LogP contribution in [0.3, 0.4) is 0 Å². The number of imide groups is 1. The fourth-order valence-electron chi connectivity index (χ4n) is 4.09. The molecule has 1 aliphatic heterocycles. The summed E-state index contributed by atoms with van der Waals surface area (Å²) in [6.07, 6.45) is 2.30. The maximum atomic E-state index is 13.1. The van der Waals surface area contributed by atoms with Crippen molar-refractivity contribution in [1.29, 1.82) is 0 Å². The van der Waals surface area contributed by atoms with Gasteiger partial charge in [-0.2, -0.15) is 0 Å². The maximum Gasteiger partial charge on any atom is 0.262 e. The van der Waals surface area contributed by atoms with Gasteiger partial charge in [0.1, 0.15) is 18.1 Å². The number of amides is 2. The third kappa shape index (κ3) is 2.43. The van der Waals surface area contributed by atoms with Crippen LogP contribution in [0.25, 0.3) is 16.7 Å². The van der Waals surface area contributed by atoms with Crippen molar-refractivity contribution in [3.05, 3.63) is 58.9 Å². The molecular formula is C22H21N5O3. The molecule has 0 fully saturated rings. The first-order valence-corrected chi connectivity index (χ1v) is 10.00. The Bertz CT molecular complexity index is 1300. The van der Waals surface area contributed by atoms with E-state index in [0.717, 1.165) is 23.1 Å². The number of fused-ring (bicyclic) bond motifs is 4. The molecule has 3 aromatic heterocycles. The average Bonchev–Trinajstić information content (AvgIpc) is 3.37. The summed E-state index contributed by atoms with van der Waals surface area (Å²) < 4.78 is 7.30. The summed E-state index contributed by atoms with van der Waals surface area (Å²) in [5, 5.41) is 5.40. The van der Waals surface area contributed by atoms with Gasteiger partial charge in [-0.05, 0) is 31.9 Å². The lowest BCUT2D eigenvalue weighted by atomic mass is 9.97. The van der Waals surface area contributed by atoms with E-state index in [9.17, 15) is 9.59 Å². The van der Waals surface area contributed by atoms with E-state index in [1.54, 1.807) is 35.1 Å². The van der Waals surface area contributed by atoms with Crippen molar-refractivity contribution in [3.63, 3.8) is 0 Å². The quantitative estimate of drug-likeness (QED) is 0.480. The van der Waals surface area contributed by atoms with Crippen LogP contribution in [0.2, 0.25) is 0 Å². The summed E-state index contributed by atoms with van der Waals surface area (Å²) in [5.41, 5.74) is 2.89. The van der Waals surface area contributed by atoms with Gasteiger partial charge >= 0.3 is 0 Å². The number of carbonyl (C=O) groups is 2. The minimum Gasteiger partial charge on any atom is -0.443 e. The van der Waals surface area contributed by atoms with E-state index in [1.807, 2.05) is 27.7 Å². The highest BCUT2D eigenvalue weighted by Crippen LogP contribution is 2.36. The van der Waals surface area contributed by atoms with E-state index in [1.165, 1.54) is 4.90 Å². The van der Waals surface area contributed by atoms with E-state index < -0.39 is 6.04 Å². The molecule has 4 aromatic rings. The lowest BCUT2D eigenvalue weighted by Crippen LogP contribution is -2.38. The number of hydrogen-bond acceptors (Lipinski definition) is 6. The molecule has 0 bridgehead atoms. The molecule has 0 radical (unpaired) electrons. The largest absolute Gasteiger partial charge is 0.443 e. The van der Waals surface area contributed by atoms with Gasteiger partial charge in [0.15, 0.2) is 11.5 Å². The second kappa shape index (κ2) is 6.48. The van der Waals surface area contributed by atoms with Gasteiger partial charge in [0, 0.05) is 5.56 Å². The van der Waals surface area contributed by atoms with Crippen molar-refractivity contribution in [3.8, 4) is 0 Å². The van der Waals surface area contributed by atoms with Gasteiger partial charge in [0.2, 0.25) is 5.71 Å². The summed E-state index contributed by atoms with van der Waals surface area (Å²) in [5.74, 6) is 0.553. The fourth-order valence-corrected chi connectivity index (χ4v) is 4.09. The maximum absolute atomic E-state index is 13.1. The van der Waals surface area contributed by atoms with Gasteiger partial charge in [-0.1, -0.05) is 32.4 Å².